The lowest BCUT2D eigenvalue weighted by Gasteiger charge is -2.26. The third-order valence-electron chi connectivity index (χ3n) is 4.39. The highest BCUT2D eigenvalue weighted by molar-refractivity contribution is 7.89. The summed E-state index contributed by atoms with van der Waals surface area (Å²) in [6.07, 6.45) is 0. The van der Waals surface area contributed by atoms with Crippen LogP contribution >= 0.6 is 0 Å². The van der Waals surface area contributed by atoms with E-state index in [1.54, 1.807) is 36.4 Å². The van der Waals surface area contributed by atoms with Crippen molar-refractivity contribution in [3.05, 3.63) is 59.7 Å². The summed E-state index contributed by atoms with van der Waals surface area (Å²) >= 11 is 0. The number of carbonyl (C=O) groups is 2. The number of sulfonamides is 1. The van der Waals surface area contributed by atoms with E-state index in [0.717, 1.165) is 5.56 Å². The molecular formula is C19H22N4O5S. The largest absolute Gasteiger partial charge is 0.379 e. The molecule has 1 fully saturated rings. The van der Waals surface area contributed by atoms with Crippen LogP contribution < -0.4 is 16.4 Å². The van der Waals surface area contributed by atoms with Gasteiger partial charge in [-0.15, -0.1) is 0 Å². The molecule has 0 radical (unpaired) electrons. The van der Waals surface area contributed by atoms with Gasteiger partial charge in [0, 0.05) is 25.3 Å². The average Bonchev–Trinajstić information content (AvgIpc) is 2.73. The minimum atomic E-state index is -3.80. The minimum Gasteiger partial charge on any atom is -0.379 e. The summed E-state index contributed by atoms with van der Waals surface area (Å²) in [5.41, 5.74) is 6.47. The Morgan fingerprint density at radius 3 is 2.34 bits per heavy atom. The van der Waals surface area contributed by atoms with Crippen LogP contribution in [0.4, 0.5) is 10.5 Å². The predicted molar refractivity (Wildman–Crippen MR) is 107 cm³/mol. The maximum atomic E-state index is 13.0. The van der Waals surface area contributed by atoms with Crippen molar-refractivity contribution in [1.29, 1.82) is 0 Å². The molecule has 0 bridgehead atoms. The molecule has 3 rings (SSSR count). The molecule has 3 amide bonds. The molecule has 0 spiro atoms. The van der Waals surface area contributed by atoms with Gasteiger partial charge in [0.2, 0.25) is 10.0 Å². The fourth-order valence-corrected chi connectivity index (χ4v) is 4.53. The van der Waals surface area contributed by atoms with Crippen LogP contribution in [0.5, 0.6) is 0 Å². The van der Waals surface area contributed by atoms with Gasteiger partial charge >= 0.3 is 6.03 Å². The Labute approximate surface area is 168 Å². The first kappa shape index (κ1) is 20.8. The van der Waals surface area contributed by atoms with E-state index in [9.17, 15) is 18.0 Å². The number of nitrogens with one attached hydrogen (secondary N) is 2. The number of hydrogen-bond acceptors (Lipinski definition) is 5. The Morgan fingerprint density at radius 1 is 1.03 bits per heavy atom. The zero-order valence-corrected chi connectivity index (χ0v) is 16.4. The molecule has 0 unspecified atom stereocenters. The fraction of sp³-hybridized carbons (Fsp3) is 0.263. The number of urea groups is 1. The smallest absolute Gasteiger partial charge is 0.316 e. The number of amides is 3. The lowest BCUT2D eigenvalue weighted by atomic mass is 10.2. The summed E-state index contributed by atoms with van der Waals surface area (Å²) in [6.45, 7) is 1.36. The van der Waals surface area contributed by atoms with E-state index in [0.29, 0.717) is 18.9 Å². The van der Waals surface area contributed by atoms with Gasteiger partial charge in [0.1, 0.15) is 0 Å². The number of benzene rings is 2. The van der Waals surface area contributed by atoms with Crippen LogP contribution in [0.1, 0.15) is 15.9 Å². The molecule has 0 aromatic heterocycles. The van der Waals surface area contributed by atoms with Gasteiger partial charge in [-0.3, -0.25) is 4.79 Å². The van der Waals surface area contributed by atoms with Gasteiger partial charge in [-0.25, -0.2) is 13.2 Å². The molecule has 1 aliphatic heterocycles. The Hall–Kier alpha value is -2.95. The van der Waals surface area contributed by atoms with Crippen molar-refractivity contribution >= 4 is 27.6 Å². The van der Waals surface area contributed by atoms with Crippen molar-refractivity contribution in [2.75, 3.05) is 31.6 Å². The maximum Gasteiger partial charge on any atom is 0.316 e. The van der Waals surface area contributed by atoms with Gasteiger partial charge in [-0.1, -0.05) is 24.3 Å². The van der Waals surface area contributed by atoms with Gasteiger partial charge < -0.3 is 21.1 Å². The van der Waals surface area contributed by atoms with Gasteiger partial charge in [-0.05, 0) is 29.8 Å². The zero-order chi connectivity index (χ0) is 20.9. The summed E-state index contributed by atoms with van der Waals surface area (Å²) in [6, 6.07) is 12.2. The predicted octanol–water partition coefficient (Wildman–Crippen LogP) is 1.13. The minimum absolute atomic E-state index is 0.0274. The molecule has 1 aliphatic rings. The summed E-state index contributed by atoms with van der Waals surface area (Å²) in [4.78, 5) is 23.5. The highest BCUT2D eigenvalue weighted by atomic mass is 32.2. The van der Waals surface area contributed by atoms with Crippen molar-refractivity contribution in [2.24, 2.45) is 5.73 Å². The van der Waals surface area contributed by atoms with E-state index in [-0.39, 0.29) is 30.1 Å². The fourth-order valence-electron chi connectivity index (χ4n) is 2.93. The van der Waals surface area contributed by atoms with E-state index in [1.807, 2.05) is 0 Å². The molecule has 154 valence electrons. The van der Waals surface area contributed by atoms with E-state index in [1.165, 1.54) is 16.4 Å². The monoisotopic (exact) mass is 418 g/mol. The van der Waals surface area contributed by atoms with Crippen LogP contribution in [0.15, 0.2) is 53.4 Å². The third kappa shape index (κ3) is 5.11. The number of nitrogens with zero attached hydrogens (tertiary/aromatic N) is 1. The van der Waals surface area contributed by atoms with Gasteiger partial charge in [0.05, 0.1) is 23.7 Å². The molecule has 1 saturated heterocycles. The number of nitrogens with two attached hydrogens (primary N) is 1. The number of rotatable bonds is 6. The molecule has 2 aromatic carbocycles. The number of carbonyl (C=O) groups excluding carboxylic acids is 2. The number of morpholine rings is 1. The molecule has 0 aliphatic carbocycles. The summed E-state index contributed by atoms with van der Waals surface area (Å²) < 4.78 is 32.5. The van der Waals surface area contributed by atoms with Gasteiger partial charge in [0.15, 0.2) is 0 Å². The highest BCUT2D eigenvalue weighted by Crippen LogP contribution is 2.21. The van der Waals surface area contributed by atoms with E-state index in [2.05, 4.69) is 10.6 Å². The second-order valence-electron chi connectivity index (χ2n) is 6.38. The van der Waals surface area contributed by atoms with Crippen LogP contribution in [0.3, 0.4) is 0 Å². The summed E-state index contributed by atoms with van der Waals surface area (Å²) in [7, 11) is -3.80. The molecule has 0 saturated carbocycles. The molecule has 29 heavy (non-hydrogen) atoms. The van der Waals surface area contributed by atoms with Crippen molar-refractivity contribution in [3.8, 4) is 0 Å². The topological polar surface area (TPSA) is 131 Å². The van der Waals surface area contributed by atoms with Crippen LogP contribution in [0.25, 0.3) is 0 Å². The molecular weight excluding hydrogens is 396 g/mol. The van der Waals surface area contributed by atoms with Crippen LogP contribution in [0, 0.1) is 0 Å². The summed E-state index contributed by atoms with van der Waals surface area (Å²) in [5, 5.41) is 5.18. The first-order valence-electron chi connectivity index (χ1n) is 8.98. The Bertz CT molecular complexity index is 986. The lowest BCUT2D eigenvalue weighted by molar-refractivity contribution is 0.0730. The standard InChI is InChI=1S/C19H22N4O5S/c20-19(25)22-15-7-5-14(6-8-15)13-21-18(24)16-3-1-2-4-17(16)29(26,27)23-9-11-28-12-10-23/h1-8H,9-13H2,(H,21,24)(H3,20,22,25). The summed E-state index contributed by atoms with van der Waals surface area (Å²) in [5.74, 6) is -0.489. The molecule has 0 atom stereocenters. The van der Waals surface area contributed by atoms with Crippen LogP contribution in [-0.2, 0) is 21.3 Å². The second-order valence-corrected chi connectivity index (χ2v) is 8.29. The number of ether oxygens (including phenoxy) is 1. The van der Waals surface area contributed by atoms with Crippen LogP contribution in [-0.4, -0.2) is 51.0 Å². The van der Waals surface area contributed by atoms with Gasteiger partial charge in [0.25, 0.3) is 5.91 Å². The van der Waals surface area contributed by atoms with E-state index >= 15 is 0 Å². The normalized spacial score (nSPS) is 14.9. The number of hydrogen-bond donors (Lipinski definition) is 3. The highest BCUT2D eigenvalue weighted by Gasteiger charge is 2.29. The lowest BCUT2D eigenvalue weighted by Crippen LogP contribution is -2.41. The average molecular weight is 418 g/mol. The van der Waals surface area contributed by atoms with E-state index in [4.69, 9.17) is 10.5 Å². The van der Waals surface area contributed by atoms with E-state index < -0.39 is 22.0 Å². The van der Waals surface area contributed by atoms with Crippen molar-refractivity contribution in [1.82, 2.24) is 9.62 Å². The Morgan fingerprint density at radius 2 is 1.69 bits per heavy atom. The molecule has 2 aromatic rings. The molecule has 10 heteroatoms. The molecule has 4 N–H and O–H groups in total. The Balaban J connectivity index is 1.72. The molecule has 1 heterocycles. The number of anilines is 1. The SMILES string of the molecule is NC(=O)Nc1ccc(CNC(=O)c2ccccc2S(=O)(=O)N2CCOCC2)cc1. The maximum absolute atomic E-state index is 13.0. The van der Waals surface area contributed by atoms with Crippen molar-refractivity contribution < 1.29 is 22.7 Å². The number of primary amides is 1. The third-order valence-corrected chi connectivity index (χ3v) is 6.35. The van der Waals surface area contributed by atoms with Crippen molar-refractivity contribution in [3.63, 3.8) is 0 Å². The van der Waals surface area contributed by atoms with Crippen molar-refractivity contribution in [2.45, 2.75) is 11.4 Å². The van der Waals surface area contributed by atoms with Crippen LogP contribution in [0.2, 0.25) is 0 Å². The first-order valence-corrected chi connectivity index (χ1v) is 10.4. The molecule has 9 nitrogen and oxygen atoms in total. The first-order chi connectivity index (χ1) is 13.9. The Kier molecular flexibility index (Phi) is 6.47. The second kappa shape index (κ2) is 9.03. The quantitative estimate of drug-likeness (QED) is 0.647. The zero-order valence-electron chi connectivity index (χ0n) is 15.6. The van der Waals surface area contributed by atoms with Gasteiger partial charge in [-0.2, -0.15) is 4.31 Å².